The number of hydrogen-bond donors (Lipinski definition) is 2. The topological polar surface area (TPSA) is 49.3 Å². The van der Waals surface area contributed by atoms with Gasteiger partial charge in [-0.1, -0.05) is 43.7 Å². The molecule has 0 aliphatic rings. The van der Waals surface area contributed by atoms with Crippen LogP contribution in [0.4, 0.5) is 0 Å². The van der Waals surface area contributed by atoms with E-state index in [0.717, 1.165) is 23.6 Å². The van der Waals surface area contributed by atoms with Crippen LogP contribution >= 0.6 is 0 Å². The number of phenolic OH excluding ortho intramolecular Hbond substituents is 1. The van der Waals surface area contributed by atoms with Gasteiger partial charge in [-0.3, -0.25) is 4.79 Å². The third kappa shape index (κ3) is 2.45. The molecular formula is C15H17NO2. The van der Waals surface area contributed by atoms with Crippen molar-refractivity contribution < 1.29 is 9.90 Å². The van der Waals surface area contributed by atoms with Crippen molar-refractivity contribution in [2.45, 2.75) is 19.8 Å². The van der Waals surface area contributed by atoms with Gasteiger partial charge in [0.05, 0.1) is 5.56 Å². The van der Waals surface area contributed by atoms with E-state index in [1.54, 1.807) is 6.07 Å². The summed E-state index contributed by atoms with van der Waals surface area (Å²) in [5.41, 5.74) is 0.365. The highest BCUT2D eigenvalue weighted by Crippen LogP contribution is 2.26. The van der Waals surface area contributed by atoms with Gasteiger partial charge in [-0.15, -0.1) is 0 Å². The van der Waals surface area contributed by atoms with Crippen LogP contribution in [0, 0.1) is 0 Å². The van der Waals surface area contributed by atoms with Crippen LogP contribution in [0.2, 0.25) is 0 Å². The van der Waals surface area contributed by atoms with Crippen LogP contribution in [-0.4, -0.2) is 17.6 Å². The molecule has 18 heavy (non-hydrogen) atoms. The second-order valence-electron chi connectivity index (χ2n) is 4.29. The number of hydrogen-bond acceptors (Lipinski definition) is 2. The highest BCUT2D eigenvalue weighted by molar-refractivity contribution is 6.09. The molecule has 94 valence electrons. The van der Waals surface area contributed by atoms with Crippen LogP contribution < -0.4 is 5.32 Å². The third-order valence-corrected chi connectivity index (χ3v) is 2.95. The lowest BCUT2D eigenvalue weighted by molar-refractivity contribution is 0.0952. The minimum absolute atomic E-state index is 0.0303. The number of carbonyl (C=O) groups excluding carboxylic acids is 1. The Bertz CT molecular complexity index is 563. The minimum Gasteiger partial charge on any atom is -0.507 e. The Kier molecular flexibility index (Phi) is 3.82. The molecule has 0 radical (unpaired) electrons. The number of carbonyl (C=O) groups is 1. The van der Waals surface area contributed by atoms with Gasteiger partial charge < -0.3 is 10.4 Å². The maximum Gasteiger partial charge on any atom is 0.255 e. The zero-order valence-corrected chi connectivity index (χ0v) is 10.4. The van der Waals surface area contributed by atoms with E-state index in [1.165, 1.54) is 0 Å². The molecule has 2 rings (SSSR count). The van der Waals surface area contributed by atoms with Gasteiger partial charge in [0.25, 0.3) is 5.91 Å². The summed E-state index contributed by atoms with van der Waals surface area (Å²) in [5, 5.41) is 14.4. The Morgan fingerprint density at radius 3 is 2.78 bits per heavy atom. The second kappa shape index (κ2) is 5.54. The van der Waals surface area contributed by atoms with Crippen LogP contribution in [-0.2, 0) is 0 Å². The van der Waals surface area contributed by atoms with Crippen molar-refractivity contribution in [3.63, 3.8) is 0 Å². The molecule has 0 heterocycles. The van der Waals surface area contributed by atoms with E-state index in [9.17, 15) is 9.90 Å². The van der Waals surface area contributed by atoms with Crippen LogP contribution in [0.3, 0.4) is 0 Å². The van der Waals surface area contributed by atoms with E-state index in [4.69, 9.17) is 0 Å². The van der Waals surface area contributed by atoms with Gasteiger partial charge in [-0.05, 0) is 23.3 Å². The number of aromatic hydroxyl groups is 1. The quantitative estimate of drug-likeness (QED) is 0.811. The Morgan fingerprint density at radius 1 is 1.22 bits per heavy atom. The van der Waals surface area contributed by atoms with Gasteiger partial charge in [0.2, 0.25) is 0 Å². The Balaban J connectivity index is 2.36. The predicted octanol–water partition coefficient (Wildman–Crippen LogP) is 3.08. The first-order valence-electron chi connectivity index (χ1n) is 6.23. The maximum absolute atomic E-state index is 12.1. The molecule has 0 aliphatic heterocycles. The summed E-state index contributed by atoms with van der Waals surface area (Å²) in [4.78, 5) is 12.1. The fraction of sp³-hybridized carbons (Fsp3) is 0.267. The molecule has 0 saturated heterocycles. The molecule has 1 amide bonds. The lowest BCUT2D eigenvalue weighted by atomic mass is 10.0. The molecule has 2 N–H and O–H groups in total. The van der Waals surface area contributed by atoms with Crippen LogP contribution in [0.25, 0.3) is 10.8 Å². The highest BCUT2D eigenvalue weighted by atomic mass is 16.3. The first-order chi connectivity index (χ1) is 8.74. The molecule has 0 unspecified atom stereocenters. The van der Waals surface area contributed by atoms with Crippen molar-refractivity contribution in [1.82, 2.24) is 5.32 Å². The Labute approximate surface area is 106 Å². The number of phenols is 1. The Morgan fingerprint density at radius 2 is 2.00 bits per heavy atom. The molecule has 0 aliphatic carbocycles. The average molecular weight is 243 g/mol. The summed E-state index contributed by atoms with van der Waals surface area (Å²) in [6, 6.07) is 10.9. The van der Waals surface area contributed by atoms with Gasteiger partial charge in [0.1, 0.15) is 5.75 Å². The third-order valence-electron chi connectivity index (χ3n) is 2.95. The van der Waals surface area contributed by atoms with Gasteiger partial charge >= 0.3 is 0 Å². The summed E-state index contributed by atoms with van der Waals surface area (Å²) in [5.74, 6) is -0.180. The summed E-state index contributed by atoms with van der Waals surface area (Å²) >= 11 is 0. The standard InChI is InChI=1S/C15H17NO2/c1-2-3-10-16-15(18)14-12-7-5-4-6-11(12)8-9-13(14)17/h4-9,17H,2-3,10H2,1H3,(H,16,18). The lowest BCUT2D eigenvalue weighted by Crippen LogP contribution is -2.24. The zero-order valence-electron chi connectivity index (χ0n) is 10.4. The predicted molar refractivity (Wildman–Crippen MR) is 72.9 cm³/mol. The lowest BCUT2D eigenvalue weighted by Gasteiger charge is -2.09. The smallest absolute Gasteiger partial charge is 0.255 e. The summed E-state index contributed by atoms with van der Waals surface area (Å²) in [6.45, 7) is 2.71. The van der Waals surface area contributed by atoms with E-state index in [-0.39, 0.29) is 11.7 Å². The van der Waals surface area contributed by atoms with Crippen LogP contribution in [0.15, 0.2) is 36.4 Å². The number of benzene rings is 2. The van der Waals surface area contributed by atoms with Crippen LogP contribution in [0.5, 0.6) is 5.75 Å². The zero-order chi connectivity index (χ0) is 13.0. The van der Waals surface area contributed by atoms with Crippen molar-refractivity contribution in [3.05, 3.63) is 42.0 Å². The molecular weight excluding hydrogens is 226 g/mol. The van der Waals surface area contributed by atoms with Crippen molar-refractivity contribution in [2.75, 3.05) is 6.54 Å². The summed E-state index contributed by atoms with van der Waals surface area (Å²) in [6.07, 6.45) is 1.97. The number of nitrogens with one attached hydrogen (secondary N) is 1. The molecule has 0 fully saturated rings. The maximum atomic E-state index is 12.1. The monoisotopic (exact) mass is 243 g/mol. The number of unbranched alkanes of at least 4 members (excludes halogenated alkanes) is 1. The average Bonchev–Trinajstić information content (AvgIpc) is 2.38. The van der Waals surface area contributed by atoms with E-state index in [0.29, 0.717) is 12.1 Å². The number of amides is 1. The highest BCUT2D eigenvalue weighted by Gasteiger charge is 2.14. The van der Waals surface area contributed by atoms with Gasteiger partial charge in [-0.2, -0.15) is 0 Å². The first-order valence-corrected chi connectivity index (χ1v) is 6.23. The minimum atomic E-state index is -0.210. The molecule has 0 atom stereocenters. The molecule has 2 aromatic carbocycles. The van der Waals surface area contributed by atoms with Crippen molar-refractivity contribution in [3.8, 4) is 5.75 Å². The van der Waals surface area contributed by atoms with Crippen molar-refractivity contribution in [1.29, 1.82) is 0 Å². The molecule has 0 spiro atoms. The Hall–Kier alpha value is -2.03. The number of rotatable bonds is 4. The molecule has 3 nitrogen and oxygen atoms in total. The van der Waals surface area contributed by atoms with Gasteiger partial charge in [0.15, 0.2) is 0 Å². The van der Waals surface area contributed by atoms with E-state index >= 15 is 0 Å². The SMILES string of the molecule is CCCCNC(=O)c1c(O)ccc2ccccc12. The molecule has 2 aromatic rings. The largest absolute Gasteiger partial charge is 0.507 e. The van der Waals surface area contributed by atoms with E-state index in [1.807, 2.05) is 30.3 Å². The normalized spacial score (nSPS) is 10.5. The van der Waals surface area contributed by atoms with Crippen molar-refractivity contribution >= 4 is 16.7 Å². The first kappa shape index (κ1) is 12.4. The van der Waals surface area contributed by atoms with Crippen molar-refractivity contribution in [2.24, 2.45) is 0 Å². The fourth-order valence-corrected chi connectivity index (χ4v) is 1.97. The molecule has 0 bridgehead atoms. The van der Waals surface area contributed by atoms with Gasteiger partial charge in [0, 0.05) is 6.54 Å². The molecule has 3 heteroatoms. The summed E-state index contributed by atoms with van der Waals surface area (Å²) < 4.78 is 0. The second-order valence-corrected chi connectivity index (χ2v) is 4.29. The fourth-order valence-electron chi connectivity index (χ4n) is 1.97. The molecule has 0 saturated carbocycles. The van der Waals surface area contributed by atoms with E-state index in [2.05, 4.69) is 12.2 Å². The number of fused-ring (bicyclic) bond motifs is 1. The van der Waals surface area contributed by atoms with Gasteiger partial charge in [-0.25, -0.2) is 0 Å². The van der Waals surface area contributed by atoms with Crippen LogP contribution in [0.1, 0.15) is 30.1 Å². The molecule has 0 aromatic heterocycles. The van der Waals surface area contributed by atoms with E-state index < -0.39 is 0 Å². The summed E-state index contributed by atoms with van der Waals surface area (Å²) in [7, 11) is 0.